The fourth-order valence-electron chi connectivity index (χ4n) is 5.76. The fraction of sp³-hybridized carbons (Fsp3) is 0.594. The highest BCUT2D eigenvalue weighted by atomic mass is 32.2. The van der Waals surface area contributed by atoms with Gasteiger partial charge in [0, 0.05) is 56.9 Å². The number of piperidine rings is 2. The Morgan fingerprint density at radius 3 is 2.36 bits per heavy atom. The molecule has 1 saturated carbocycles. The van der Waals surface area contributed by atoms with Gasteiger partial charge in [-0.1, -0.05) is 13.8 Å². The fourth-order valence-corrected chi connectivity index (χ4v) is 6.33. The Morgan fingerprint density at radius 1 is 1.00 bits per heavy atom. The van der Waals surface area contributed by atoms with Crippen LogP contribution < -0.4 is 24.6 Å². The molecule has 44 heavy (non-hydrogen) atoms. The van der Waals surface area contributed by atoms with Crippen molar-refractivity contribution in [2.45, 2.75) is 64.7 Å². The molecule has 3 heterocycles. The van der Waals surface area contributed by atoms with Gasteiger partial charge >= 0.3 is 5.97 Å². The Morgan fingerprint density at radius 2 is 1.70 bits per heavy atom. The first kappa shape index (κ1) is 32.1. The van der Waals surface area contributed by atoms with Gasteiger partial charge in [0.1, 0.15) is 12.3 Å². The number of ether oxygens (including phenoxy) is 2. The number of rotatable bonds is 12. The smallest absolute Gasteiger partial charge is 0.306 e. The van der Waals surface area contributed by atoms with Crippen LogP contribution in [0.1, 0.15) is 69.3 Å². The summed E-state index contributed by atoms with van der Waals surface area (Å²) in [6.45, 7) is 6.39. The molecule has 2 saturated heterocycles. The Hall–Kier alpha value is -3.28. The molecule has 2 N–H and O–H groups in total. The summed E-state index contributed by atoms with van der Waals surface area (Å²) in [6, 6.07) is 9.09. The van der Waals surface area contributed by atoms with Crippen molar-refractivity contribution in [3.8, 4) is 5.75 Å². The summed E-state index contributed by atoms with van der Waals surface area (Å²) >= 11 is 1.46. The van der Waals surface area contributed by atoms with Gasteiger partial charge in [-0.15, -0.1) is 0 Å². The van der Waals surface area contributed by atoms with Crippen LogP contribution in [0.3, 0.4) is 0 Å². The minimum absolute atomic E-state index is 0.134. The summed E-state index contributed by atoms with van der Waals surface area (Å²) in [5.74, 6) is -1.55. The maximum Gasteiger partial charge on any atom is 0.306 e. The number of carbonyl (C=O) groups is 2. The van der Waals surface area contributed by atoms with Crippen LogP contribution in [0.25, 0.3) is 0 Å². The predicted octanol–water partition coefficient (Wildman–Crippen LogP) is 6.61. The van der Waals surface area contributed by atoms with E-state index < -0.39 is 5.92 Å². The number of amides is 1. The van der Waals surface area contributed by atoms with E-state index in [0.717, 1.165) is 37.3 Å². The molecule has 1 spiro atoms. The van der Waals surface area contributed by atoms with E-state index >= 15 is 0 Å². The summed E-state index contributed by atoms with van der Waals surface area (Å²) in [5, 5.41) is 3.06. The van der Waals surface area contributed by atoms with Crippen molar-refractivity contribution < 1.29 is 27.8 Å². The molecule has 2 aromatic rings. The molecule has 3 aliphatic rings. The van der Waals surface area contributed by atoms with Crippen LogP contribution in [0.4, 0.5) is 31.7 Å². The van der Waals surface area contributed by atoms with E-state index in [4.69, 9.17) is 9.47 Å². The van der Waals surface area contributed by atoms with Crippen LogP contribution in [0.2, 0.25) is 0 Å². The summed E-state index contributed by atoms with van der Waals surface area (Å²) in [5.41, 5.74) is 3.17. The van der Waals surface area contributed by atoms with Crippen molar-refractivity contribution in [3.05, 3.63) is 36.0 Å². The lowest BCUT2D eigenvalue weighted by Gasteiger charge is -2.35. The topological polar surface area (TPSA) is 96.0 Å². The molecule has 3 fully saturated rings. The molecule has 1 aromatic heterocycles. The molecule has 0 bridgehead atoms. The molecule has 1 aromatic carbocycles. The van der Waals surface area contributed by atoms with Crippen molar-refractivity contribution in [2.75, 3.05) is 65.5 Å². The van der Waals surface area contributed by atoms with Gasteiger partial charge in [0.05, 0.1) is 18.5 Å². The molecule has 240 valence electrons. The number of aromatic nitrogens is 1. The first-order valence-electron chi connectivity index (χ1n) is 15.5. The van der Waals surface area contributed by atoms with Crippen LogP contribution in [-0.4, -0.2) is 68.4 Å². The molecule has 2 aliphatic heterocycles. The Labute approximate surface area is 262 Å². The van der Waals surface area contributed by atoms with E-state index in [1.54, 1.807) is 17.0 Å². The van der Waals surface area contributed by atoms with Crippen LogP contribution in [-0.2, 0) is 9.53 Å². The lowest BCUT2D eigenvalue weighted by atomic mass is 9.93. The van der Waals surface area contributed by atoms with E-state index in [9.17, 15) is 18.4 Å². The average Bonchev–Trinajstić information content (AvgIpc) is 3.75. The van der Waals surface area contributed by atoms with Gasteiger partial charge in [-0.25, -0.2) is 13.8 Å². The zero-order valence-electron chi connectivity index (χ0n) is 25.8. The summed E-state index contributed by atoms with van der Waals surface area (Å²) < 4.78 is 41.7. The molecule has 1 aliphatic carbocycles. The van der Waals surface area contributed by atoms with Gasteiger partial charge in [-0.05, 0) is 79.3 Å². The lowest BCUT2D eigenvalue weighted by molar-refractivity contribution is -0.143. The van der Waals surface area contributed by atoms with Crippen LogP contribution >= 0.6 is 11.9 Å². The number of halogens is 2. The molecule has 0 atom stereocenters. The normalized spacial score (nSPS) is 18.7. The summed E-state index contributed by atoms with van der Waals surface area (Å²) in [7, 11) is 1.50. The Balaban J connectivity index is 1.28. The van der Waals surface area contributed by atoms with E-state index in [0.29, 0.717) is 41.5 Å². The van der Waals surface area contributed by atoms with E-state index in [2.05, 4.69) is 19.9 Å². The quantitative estimate of drug-likeness (QED) is 0.152. The molecular weight excluding hydrogens is 588 g/mol. The van der Waals surface area contributed by atoms with Gasteiger partial charge < -0.3 is 29.3 Å². The Bertz CT molecular complexity index is 1320. The minimum atomic E-state index is -2.69. The number of hydrogen-bond acceptors (Lipinski definition) is 9. The van der Waals surface area contributed by atoms with Crippen molar-refractivity contribution in [1.82, 2.24) is 4.98 Å². The molecule has 0 radical (unpaired) electrons. The highest BCUT2D eigenvalue weighted by Gasteiger charge is 2.44. The molecule has 5 rings (SSSR count). The minimum Gasteiger partial charge on any atom is -0.493 e. The summed E-state index contributed by atoms with van der Waals surface area (Å²) in [4.78, 5) is 34.0. The number of hydrogen-bond donors (Lipinski definition) is 2. The average molecular weight is 632 g/mol. The number of esters is 1. The van der Waals surface area contributed by atoms with E-state index in [-0.39, 0.29) is 49.4 Å². The maximum absolute atomic E-state index is 13.8. The third-order valence-corrected chi connectivity index (χ3v) is 9.42. The number of nitrogens with zero attached hydrogens (tertiary/aromatic N) is 3. The van der Waals surface area contributed by atoms with Gasteiger partial charge in [-0.2, -0.15) is 0 Å². The van der Waals surface area contributed by atoms with Crippen molar-refractivity contribution >= 4 is 46.7 Å². The van der Waals surface area contributed by atoms with Crippen LogP contribution in [0.15, 0.2) is 30.3 Å². The number of anilines is 4. The number of pyridine rings is 1. The van der Waals surface area contributed by atoms with Gasteiger partial charge in [0.15, 0.2) is 11.6 Å². The molecule has 12 heteroatoms. The lowest BCUT2D eigenvalue weighted by Crippen LogP contribution is -2.40. The zero-order chi connectivity index (χ0) is 31.3. The van der Waals surface area contributed by atoms with E-state index in [1.165, 1.54) is 31.9 Å². The highest BCUT2D eigenvalue weighted by Crippen LogP contribution is 2.54. The molecule has 1 amide bonds. The number of methoxy groups -OCH3 is 1. The third kappa shape index (κ3) is 8.25. The molecule has 9 nitrogen and oxygen atoms in total. The first-order chi connectivity index (χ1) is 21.1. The highest BCUT2D eigenvalue weighted by molar-refractivity contribution is 8.00. The van der Waals surface area contributed by atoms with Crippen molar-refractivity contribution in [3.63, 3.8) is 0 Å². The molecule has 0 unspecified atom stereocenters. The number of alkyl halides is 2. The van der Waals surface area contributed by atoms with Crippen molar-refractivity contribution in [2.24, 2.45) is 11.3 Å². The third-order valence-electron chi connectivity index (χ3n) is 8.67. The first-order valence-corrected chi connectivity index (χ1v) is 16.5. The largest absolute Gasteiger partial charge is 0.493 e. The second-order valence-electron chi connectivity index (χ2n) is 12.5. The second kappa shape index (κ2) is 13.8. The predicted molar refractivity (Wildman–Crippen MR) is 171 cm³/mol. The second-order valence-corrected chi connectivity index (χ2v) is 13.4. The summed E-state index contributed by atoms with van der Waals surface area (Å²) in [6.07, 6.45) is 4.73. The SMILES string of the molecule is COc1ccc(C(=O)Nc2ccc(NSCCOC(=O)CC(C)C)cc2N2CCC3(CC2)CC3)nc1N1CCC(F)(F)CC1. The molecular formula is C32H43F2N5O4S. The maximum atomic E-state index is 13.8. The van der Waals surface area contributed by atoms with Crippen molar-refractivity contribution in [1.29, 1.82) is 0 Å². The monoisotopic (exact) mass is 631 g/mol. The number of benzene rings is 1. The standard InChI is InChI=1S/C32H43F2N5O4S/c1-22(2)20-28(40)43-18-19-44-37-23-4-5-24(26(21-23)38-14-10-31(8-9-31)11-15-38)36-30(41)25-6-7-27(42-3)29(35-25)39-16-12-32(33,34)13-17-39/h4-7,21-22,37H,8-20H2,1-3H3,(H,36,41). The van der Waals surface area contributed by atoms with Gasteiger partial charge in [-0.3, -0.25) is 9.59 Å². The number of carbonyl (C=O) groups excluding carboxylic acids is 2. The van der Waals surface area contributed by atoms with Gasteiger partial charge in [0.2, 0.25) is 0 Å². The Kier molecular flexibility index (Phi) is 10.1. The zero-order valence-corrected chi connectivity index (χ0v) is 26.6. The van der Waals surface area contributed by atoms with Crippen LogP contribution in [0.5, 0.6) is 5.75 Å². The van der Waals surface area contributed by atoms with E-state index in [1.807, 2.05) is 32.0 Å². The van der Waals surface area contributed by atoms with Gasteiger partial charge in [0.25, 0.3) is 11.8 Å². The van der Waals surface area contributed by atoms with Crippen LogP contribution in [0, 0.1) is 11.3 Å². The number of nitrogens with one attached hydrogen (secondary N) is 2.